The highest BCUT2D eigenvalue weighted by molar-refractivity contribution is 5.96. The van der Waals surface area contributed by atoms with Crippen molar-refractivity contribution in [2.24, 2.45) is 5.73 Å². The second-order valence-electron chi connectivity index (χ2n) is 18.1. The van der Waals surface area contributed by atoms with Crippen LogP contribution < -0.4 is 32.3 Å². The first-order valence-corrected chi connectivity index (χ1v) is 24.3. The summed E-state index contributed by atoms with van der Waals surface area (Å²) < 4.78 is 4.99. The van der Waals surface area contributed by atoms with Crippen LogP contribution in [0, 0.1) is 0 Å². The van der Waals surface area contributed by atoms with Gasteiger partial charge in [-0.1, -0.05) is 82.1 Å². The molecule has 18 nitrogen and oxygen atoms in total. The highest BCUT2D eigenvalue weighted by atomic mass is 16.6. The zero-order valence-electron chi connectivity index (χ0n) is 42.6. The third-order valence-electron chi connectivity index (χ3n) is 11.0. The summed E-state index contributed by atoms with van der Waals surface area (Å²) in [5.74, 6) is -5.02. The standard InChI is InChI=1S/C42H45N5O9.C8H17NO2.C4H11N/c1-3-4-5-25-6-9-27(10-7-25)28-11-13-29(14-12-28)40(53)43-19-18-36(50)44-24-38(52)47(2)39-30-15-17-35(49)32(22-30)31-20-26(8-16-34(31)48)21-33(42(55)56)46-37(51)23-45-41(39)54;1-5-6-9-7(10)11-8(2,3)4;1-2-3-4-5/h6-17,20,22,33,39,48-49H,3-5,18-19,21,23-24H2,1-2H3,(H,43,53)(H,44,50)(H,45,54)(H,46,51)(H,55,56);5-6H2,1-4H3,(H,9,10);2-5H2,1H3/t33-,39?;;/m0../s1. The number of ether oxygens (including phenoxy) is 1. The number of aliphatic carboxylic acids is 1. The summed E-state index contributed by atoms with van der Waals surface area (Å²) >= 11 is 0. The number of aryl methyl sites for hydroxylation is 1. The Labute approximate surface area is 422 Å². The Morgan fingerprint density at radius 3 is 1.96 bits per heavy atom. The molecule has 72 heavy (non-hydrogen) atoms. The maximum Gasteiger partial charge on any atom is 0.407 e. The van der Waals surface area contributed by atoms with Crippen LogP contribution in [0.2, 0.25) is 0 Å². The zero-order chi connectivity index (χ0) is 53.4. The van der Waals surface area contributed by atoms with Gasteiger partial charge in [0.2, 0.25) is 23.6 Å². The van der Waals surface area contributed by atoms with Crippen molar-refractivity contribution in [1.82, 2.24) is 31.5 Å². The van der Waals surface area contributed by atoms with E-state index in [1.54, 1.807) is 12.1 Å². The molecule has 1 heterocycles. The van der Waals surface area contributed by atoms with Crippen LogP contribution in [0.15, 0.2) is 84.9 Å². The van der Waals surface area contributed by atoms with Crippen molar-refractivity contribution >= 4 is 41.6 Å². The van der Waals surface area contributed by atoms with Crippen molar-refractivity contribution in [2.75, 3.05) is 39.8 Å². The summed E-state index contributed by atoms with van der Waals surface area (Å²) in [4.78, 5) is 89.0. The van der Waals surface area contributed by atoms with Crippen molar-refractivity contribution in [3.05, 3.63) is 107 Å². The number of nitrogens with zero attached hydrogens (tertiary/aromatic N) is 1. The van der Waals surface area contributed by atoms with Crippen LogP contribution in [0.4, 0.5) is 4.79 Å². The van der Waals surface area contributed by atoms with Gasteiger partial charge in [-0.3, -0.25) is 24.0 Å². The molecule has 0 spiro atoms. The Hall–Kier alpha value is -7.47. The molecule has 0 saturated heterocycles. The average Bonchev–Trinajstić information content (AvgIpc) is 3.34. The highest BCUT2D eigenvalue weighted by Crippen LogP contribution is 2.38. The Bertz CT molecular complexity index is 2440. The summed E-state index contributed by atoms with van der Waals surface area (Å²) in [5.41, 5.74) is 9.33. The molecule has 4 aromatic carbocycles. The summed E-state index contributed by atoms with van der Waals surface area (Å²) in [6, 6.07) is 21.1. The number of carboxylic acid groups (broad SMARTS) is 1. The number of carbonyl (C=O) groups is 7. The number of nitrogens with two attached hydrogens (primary N) is 1. The van der Waals surface area contributed by atoms with Gasteiger partial charge in [0.25, 0.3) is 5.91 Å². The van der Waals surface area contributed by atoms with Crippen LogP contribution in [-0.2, 0) is 41.6 Å². The van der Waals surface area contributed by atoms with Crippen molar-refractivity contribution in [3.8, 4) is 33.8 Å². The minimum atomic E-state index is -1.38. The van der Waals surface area contributed by atoms with Crippen LogP contribution in [0.1, 0.15) is 113 Å². The predicted molar refractivity (Wildman–Crippen MR) is 276 cm³/mol. The maximum absolute atomic E-state index is 13.6. The lowest BCUT2D eigenvalue weighted by Gasteiger charge is -2.28. The Morgan fingerprint density at radius 1 is 0.778 bits per heavy atom. The number of carboxylic acids is 1. The number of amides is 6. The van der Waals surface area contributed by atoms with Crippen molar-refractivity contribution in [2.45, 2.75) is 111 Å². The number of unbranched alkanes of at least 4 members (excludes halogenated alkanes) is 2. The first kappa shape index (κ1) is 58.8. The Kier molecular flexibility index (Phi) is 24.2. The van der Waals surface area contributed by atoms with E-state index in [1.807, 2.05) is 39.8 Å². The van der Waals surface area contributed by atoms with Gasteiger partial charge in [0, 0.05) is 49.7 Å². The zero-order valence-corrected chi connectivity index (χ0v) is 42.6. The third kappa shape index (κ3) is 19.7. The quantitative estimate of drug-likeness (QED) is 0.0614. The van der Waals surface area contributed by atoms with Gasteiger partial charge < -0.3 is 57.3 Å². The number of alkyl carbamates (subject to hydrolysis) is 1. The van der Waals surface area contributed by atoms with Crippen LogP contribution in [0.5, 0.6) is 11.5 Å². The molecule has 18 heteroatoms. The van der Waals surface area contributed by atoms with Gasteiger partial charge in [0.15, 0.2) is 0 Å². The molecule has 0 aromatic heterocycles. The van der Waals surface area contributed by atoms with E-state index in [2.05, 4.69) is 64.7 Å². The van der Waals surface area contributed by atoms with E-state index in [4.69, 9.17) is 10.5 Å². The highest BCUT2D eigenvalue weighted by Gasteiger charge is 2.31. The molecular formula is C54H73N7O11. The number of phenols is 2. The monoisotopic (exact) mass is 996 g/mol. The second-order valence-corrected chi connectivity index (χ2v) is 18.1. The molecule has 2 atom stereocenters. The molecule has 6 amide bonds. The molecule has 1 unspecified atom stereocenters. The molecule has 1 aliphatic heterocycles. The number of nitrogens with one attached hydrogen (secondary N) is 5. The normalized spacial score (nSPS) is 14.2. The third-order valence-corrected chi connectivity index (χ3v) is 11.0. The Balaban J connectivity index is 0.000000735. The fourth-order valence-electron chi connectivity index (χ4n) is 7.09. The fraction of sp³-hybridized carbons (Fsp3) is 0.426. The smallest absolute Gasteiger partial charge is 0.407 e. The van der Waals surface area contributed by atoms with E-state index >= 15 is 0 Å². The minimum Gasteiger partial charge on any atom is -0.507 e. The van der Waals surface area contributed by atoms with Crippen LogP contribution >= 0.6 is 0 Å². The van der Waals surface area contributed by atoms with E-state index in [0.29, 0.717) is 17.7 Å². The number of hydrogen-bond acceptors (Lipinski definition) is 11. The predicted octanol–water partition coefficient (Wildman–Crippen LogP) is 6.12. The first-order valence-electron chi connectivity index (χ1n) is 24.3. The second kappa shape index (κ2) is 29.7. The summed E-state index contributed by atoms with van der Waals surface area (Å²) in [5, 5.41) is 43.8. The van der Waals surface area contributed by atoms with E-state index in [0.717, 1.165) is 48.3 Å². The molecule has 1 aliphatic rings. The lowest BCUT2D eigenvalue weighted by atomic mass is 9.94. The molecule has 0 fully saturated rings. The number of phenolic OH excluding ortho intramolecular Hbond substituents is 2. The number of likely N-dealkylation sites (N-methyl/N-ethyl adjacent to an activating group) is 1. The van der Waals surface area contributed by atoms with E-state index < -0.39 is 60.4 Å². The van der Waals surface area contributed by atoms with Gasteiger partial charge in [-0.05, 0) is 117 Å². The number of fused-ring (bicyclic) bond motifs is 5. The largest absolute Gasteiger partial charge is 0.507 e. The molecule has 0 saturated carbocycles. The van der Waals surface area contributed by atoms with Crippen LogP contribution in [0.25, 0.3) is 22.3 Å². The van der Waals surface area contributed by atoms with E-state index in [9.17, 15) is 48.9 Å². The molecule has 0 aliphatic carbocycles. The average molecular weight is 996 g/mol. The number of hydrogen-bond donors (Lipinski definition) is 9. The van der Waals surface area contributed by atoms with E-state index in [1.165, 1.54) is 61.9 Å². The van der Waals surface area contributed by atoms with Gasteiger partial charge in [-0.2, -0.15) is 0 Å². The number of carbonyl (C=O) groups excluding carboxylic acids is 6. The van der Waals surface area contributed by atoms with Gasteiger partial charge in [-0.15, -0.1) is 0 Å². The topological polar surface area (TPSA) is 279 Å². The van der Waals surface area contributed by atoms with Crippen LogP contribution in [0.3, 0.4) is 0 Å². The van der Waals surface area contributed by atoms with E-state index in [-0.39, 0.29) is 59.6 Å². The number of benzene rings is 4. The SMILES string of the molecule is CCCCN.CCCCc1ccc(-c2ccc(C(=O)NCCC(=O)NCC(=O)N(C)C3C(=O)NCC(=O)N[C@H](C(=O)O)Cc4ccc(O)c(c4)-c4cc3ccc4O)cc2)cc1.CCCNC(=O)OC(C)(C)C. The van der Waals surface area contributed by atoms with Crippen molar-refractivity contribution < 1.29 is 53.6 Å². The van der Waals surface area contributed by atoms with Crippen molar-refractivity contribution in [1.29, 1.82) is 0 Å². The van der Waals surface area contributed by atoms with Gasteiger partial charge in [0.1, 0.15) is 29.2 Å². The Morgan fingerprint density at radius 2 is 1.39 bits per heavy atom. The summed E-state index contributed by atoms with van der Waals surface area (Å²) in [7, 11) is 1.32. The van der Waals surface area contributed by atoms with Crippen molar-refractivity contribution in [3.63, 3.8) is 0 Å². The molecule has 10 N–H and O–H groups in total. The lowest BCUT2D eigenvalue weighted by molar-refractivity contribution is -0.142. The number of aromatic hydroxyl groups is 2. The lowest BCUT2D eigenvalue weighted by Crippen LogP contribution is -2.49. The first-order chi connectivity index (χ1) is 34.2. The molecule has 4 bridgehead atoms. The minimum absolute atomic E-state index is 0.00414. The van der Waals surface area contributed by atoms with Gasteiger partial charge >= 0.3 is 12.1 Å². The number of rotatable bonds is 16. The molecule has 0 radical (unpaired) electrons. The summed E-state index contributed by atoms with van der Waals surface area (Å²) in [6.07, 6.45) is 6.01. The van der Waals surface area contributed by atoms with Crippen LogP contribution in [-0.4, -0.2) is 113 Å². The maximum atomic E-state index is 13.6. The van der Waals surface area contributed by atoms with Gasteiger partial charge in [-0.25, -0.2) is 9.59 Å². The molecule has 4 aromatic rings. The fourth-order valence-corrected chi connectivity index (χ4v) is 7.09. The molecular weight excluding hydrogens is 923 g/mol. The summed E-state index contributed by atoms with van der Waals surface area (Å²) in [6.45, 7) is 12.2. The molecule has 390 valence electrons. The van der Waals surface area contributed by atoms with Gasteiger partial charge in [0.05, 0.1) is 13.1 Å². The molecule has 5 rings (SSSR count).